The van der Waals surface area contributed by atoms with Gasteiger partial charge in [-0.3, -0.25) is 9.78 Å². The Labute approximate surface area is 163 Å². The van der Waals surface area contributed by atoms with E-state index in [1.807, 2.05) is 12.1 Å². The molecule has 2 heterocycles. The molecule has 0 saturated carbocycles. The molecule has 1 fully saturated rings. The summed E-state index contributed by atoms with van der Waals surface area (Å²) >= 11 is 5.88. The third kappa shape index (κ3) is 4.98. The van der Waals surface area contributed by atoms with Gasteiger partial charge in [0.15, 0.2) is 0 Å². The standard InChI is InChI=1S/C20H21ClN2O4/c1-2-26-20(25)14-3-8-18(22-13-14)19(24)23-11-9-17(10-12-23)27-16-6-4-15(21)5-7-16/h3-8,13,17H,2,9-12H2,1H3. The number of likely N-dealkylation sites (tertiary alicyclic amines) is 1. The molecule has 7 heteroatoms. The summed E-state index contributed by atoms with van der Waals surface area (Å²) in [7, 11) is 0. The summed E-state index contributed by atoms with van der Waals surface area (Å²) < 4.78 is 10.9. The monoisotopic (exact) mass is 388 g/mol. The zero-order chi connectivity index (χ0) is 19.2. The molecule has 1 amide bonds. The van der Waals surface area contributed by atoms with Crippen molar-refractivity contribution in [3.63, 3.8) is 0 Å². The van der Waals surface area contributed by atoms with Gasteiger partial charge in [0.25, 0.3) is 5.91 Å². The number of amides is 1. The van der Waals surface area contributed by atoms with Crippen molar-refractivity contribution in [1.82, 2.24) is 9.88 Å². The Hall–Kier alpha value is -2.60. The van der Waals surface area contributed by atoms with Gasteiger partial charge in [0.2, 0.25) is 0 Å². The van der Waals surface area contributed by atoms with Crippen molar-refractivity contribution >= 4 is 23.5 Å². The Morgan fingerprint density at radius 3 is 2.44 bits per heavy atom. The maximum absolute atomic E-state index is 12.6. The van der Waals surface area contributed by atoms with Crippen LogP contribution in [0.25, 0.3) is 0 Å². The summed E-state index contributed by atoms with van der Waals surface area (Å²) in [5.41, 5.74) is 0.656. The maximum atomic E-state index is 12.6. The molecule has 0 atom stereocenters. The Morgan fingerprint density at radius 1 is 1.15 bits per heavy atom. The van der Waals surface area contributed by atoms with Crippen LogP contribution in [0.15, 0.2) is 42.6 Å². The first-order valence-electron chi connectivity index (χ1n) is 8.91. The van der Waals surface area contributed by atoms with Gasteiger partial charge in [-0.2, -0.15) is 0 Å². The average Bonchev–Trinajstić information content (AvgIpc) is 2.70. The van der Waals surface area contributed by atoms with Gasteiger partial charge in [-0.1, -0.05) is 11.6 Å². The SMILES string of the molecule is CCOC(=O)c1ccc(C(=O)N2CCC(Oc3ccc(Cl)cc3)CC2)nc1. The van der Waals surface area contributed by atoms with Gasteiger partial charge >= 0.3 is 5.97 Å². The van der Waals surface area contributed by atoms with E-state index in [-0.39, 0.29) is 12.0 Å². The summed E-state index contributed by atoms with van der Waals surface area (Å²) in [5.74, 6) is 0.194. The lowest BCUT2D eigenvalue weighted by molar-refractivity contribution is 0.0522. The third-order valence-corrected chi connectivity index (χ3v) is 4.59. The largest absolute Gasteiger partial charge is 0.490 e. The number of esters is 1. The molecular formula is C20H21ClN2O4. The van der Waals surface area contributed by atoms with Crippen molar-refractivity contribution in [2.75, 3.05) is 19.7 Å². The molecule has 1 aliphatic rings. The fraction of sp³-hybridized carbons (Fsp3) is 0.350. The van der Waals surface area contributed by atoms with Crippen LogP contribution in [0.1, 0.15) is 40.6 Å². The van der Waals surface area contributed by atoms with E-state index in [9.17, 15) is 9.59 Å². The summed E-state index contributed by atoms with van der Waals surface area (Å²) in [6.07, 6.45) is 2.93. The molecule has 0 N–H and O–H groups in total. The van der Waals surface area contributed by atoms with Gasteiger partial charge < -0.3 is 14.4 Å². The minimum Gasteiger partial charge on any atom is -0.490 e. The second kappa shape index (κ2) is 8.86. The molecule has 0 aliphatic carbocycles. The van der Waals surface area contributed by atoms with Gasteiger partial charge in [-0.05, 0) is 43.3 Å². The van der Waals surface area contributed by atoms with Crippen LogP contribution in [0.5, 0.6) is 5.75 Å². The van der Waals surface area contributed by atoms with Crippen LogP contribution in [0.4, 0.5) is 0 Å². The van der Waals surface area contributed by atoms with Crippen molar-refractivity contribution in [2.45, 2.75) is 25.9 Å². The Balaban J connectivity index is 1.53. The van der Waals surface area contributed by atoms with Crippen LogP contribution in [0, 0.1) is 0 Å². The van der Waals surface area contributed by atoms with E-state index in [1.165, 1.54) is 6.20 Å². The predicted molar refractivity (Wildman–Crippen MR) is 101 cm³/mol. The Bertz CT molecular complexity index is 785. The highest BCUT2D eigenvalue weighted by molar-refractivity contribution is 6.30. The lowest BCUT2D eigenvalue weighted by Gasteiger charge is -2.32. The van der Waals surface area contributed by atoms with Gasteiger partial charge in [-0.25, -0.2) is 4.79 Å². The van der Waals surface area contributed by atoms with Gasteiger partial charge in [0.05, 0.1) is 12.2 Å². The minimum atomic E-state index is -0.441. The first-order valence-corrected chi connectivity index (χ1v) is 9.29. The number of hydrogen-bond acceptors (Lipinski definition) is 5. The number of hydrogen-bond donors (Lipinski definition) is 0. The van der Waals surface area contributed by atoms with E-state index in [4.69, 9.17) is 21.1 Å². The molecular weight excluding hydrogens is 368 g/mol. The first-order chi connectivity index (χ1) is 13.1. The van der Waals surface area contributed by atoms with Crippen LogP contribution >= 0.6 is 11.6 Å². The molecule has 27 heavy (non-hydrogen) atoms. The molecule has 2 aromatic rings. The molecule has 142 valence electrons. The summed E-state index contributed by atoms with van der Waals surface area (Å²) in [4.78, 5) is 30.1. The number of nitrogens with zero attached hydrogens (tertiary/aromatic N) is 2. The van der Waals surface area contributed by atoms with Crippen LogP contribution in [-0.2, 0) is 4.74 Å². The molecule has 3 rings (SSSR count). The average molecular weight is 389 g/mol. The van der Waals surface area contributed by atoms with E-state index >= 15 is 0 Å². The molecule has 6 nitrogen and oxygen atoms in total. The fourth-order valence-corrected chi connectivity index (χ4v) is 3.03. The number of halogens is 1. The molecule has 0 unspecified atom stereocenters. The predicted octanol–water partition coefficient (Wildman–Crippen LogP) is 3.60. The molecule has 0 bridgehead atoms. The van der Waals surface area contributed by atoms with Gasteiger partial charge in [-0.15, -0.1) is 0 Å². The maximum Gasteiger partial charge on any atom is 0.339 e. The minimum absolute atomic E-state index is 0.0642. The van der Waals surface area contributed by atoms with E-state index in [0.717, 1.165) is 18.6 Å². The Kier molecular flexibility index (Phi) is 6.29. The Morgan fingerprint density at radius 2 is 1.85 bits per heavy atom. The highest BCUT2D eigenvalue weighted by Gasteiger charge is 2.25. The van der Waals surface area contributed by atoms with Crippen molar-refractivity contribution in [3.8, 4) is 5.75 Å². The van der Waals surface area contributed by atoms with Gasteiger partial charge in [0.1, 0.15) is 17.5 Å². The molecule has 1 aromatic heterocycles. The van der Waals surface area contributed by atoms with Crippen LogP contribution < -0.4 is 4.74 Å². The smallest absolute Gasteiger partial charge is 0.339 e. The normalized spacial score (nSPS) is 14.7. The summed E-state index contributed by atoms with van der Waals surface area (Å²) in [6.45, 7) is 3.23. The summed E-state index contributed by atoms with van der Waals surface area (Å²) in [5, 5.41) is 0.671. The second-order valence-electron chi connectivity index (χ2n) is 6.22. The van der Waals surface area contributed by atoms with Crippen molar-refractivity contribution in [3.05, 3.63) is 58.9 Å². The lowest BCUT2D eigenvalue weighted by Crippen LogP contribution is -2.42. The van der Waals surface area contributed by atoms with Crippen molar-refractivity contribution in [1.29, 1.82) is 0 Å². The number of pyridine rings is 1. The molecule has 0 spiro atoms. The van der Waals surface area contributed by atoms with E-state index in [2.05, 4.69) is 4.98 Å². The van der Waals surface area contributed by atoms with Crippen LogP contribution in [0.2, 0.25) is 5.02 Å². The number of piperidine rings is 1. The zero-order valence-corrected chi connectivity index (χ0v) is 15.8. The number of ether oxygens (including phenoxy) is 2. The number of carbonyl (C=O) groups excluding carboxylic acids is 2. The van der Waals surface area contributed by atoms with Gasteiger partial charge in [0, 0.05) is 37.2 Å². The molecule has 0 radical (unpaired) electrons. The van der Waals surface area contributed by atoms with Crippen LogP contribution in [-0.4, -0.2) is 47.6 Å². The molecule has 1 aliphatic heterocycles. The number of benzene rings is 1. The zero-order valence-electron chi connectivity index (χ0n) is 15.1. The van der Waals surface area contributed by atoms with Crippen molar-refractivity contribution < 1.29 is 19.1 Å². The summed E-state index contributed by atoms with van der Waals surface area (Å²) in [6, 6.07) is 10.4. The quantitative estimate of drug-likeness (QED) is 0.732. The number of aromatic nitrogens is 1. The van der Waals surface area contributed by atoms with Crippen LogP contribution in [0.3, 0.4) is 0 Å². The molecule has 1 saturated heterocycles. The number of rotatable bonds is 5. The van der Waals surface area contributed by atoms with E-state index in [1.54, 1.807) is 36.1 Å². The highest BCUT2D eigenvalue weighted by Crippen LogP contribution is 2.21. The van der Waals surface area contributed by atoms with Crippen molar-refractivity contribution in [2.24, 2.45) is 0 Å². The topological polar surface area (TPSA) is 68.7 Å². The first kappa shape index (κ1) is 19.2. The van der Waals surface area contributed by atoms with E-state index in [0.29, 0.717) is 36.0 Å². The fourth-order valence-electron chi connectivity index (χ4n) is 2.90. The second-order valence-corrected chi connectivity index (χ2v) is 6.65. The lowest BCUT2D eigenvalue weighted by atomic mass is 10.1. The molecule has 1 aromatic carbocycles. The third-order valence-electron chi connectivity index (χ3n) is 4.34. The number of carbonyl (C=O) groups is 2. The highest BCUT2D eigenvalue weighted by atomic mass is 35.5. The van der Waals surface area contributed by atoms with E-state index < -0.39 is 5.97 Å².